The predicted molar refractivity (Wildman–Crippen MR) is 111 cm³/mol. The van der Waals surface area contributed by atoms with Crippen molar-refractivity contribution in [3.63, 3.8) is 0 Å². The predicted octanol–water partition coefficient (Wildman–Crippen LogP) is 2.45. The van der Waals surface area contributed by atoms with Crippen LogP contribution in [0.5, 0.6) is 5.88 Å². The van der Waals surface area contributed by atoms with Crippen molar-refractivity contribution in [1.29, 1.82) is 0 Å². The maximum Gasteiger partial charge on any atom is 0.299 e. The van der Waals surface area contributed by atoms with Crippen LogP contribution < -0.4 is 15.8 Å². The summed E-state index contributed by atoms with van der Waals surface area (Å²) in [6, 6.07) is 3.07. The van der Waals surface area contributed by atoms with Gasteiger partial charge < -0.3 is 25.6 Å². The number of carbonyl (C=O) groups is 2. The van der Waals surface area contributed by atoms with E-state index in [9.17, 15) is 26.7 Å². The van der Waals surface area contributed by atoms with E-state index < -0.39 is 48.4 Å². The number of carboxylic acid groups (broad SMARTS) is 1. The quantitative estimate of drug-likeness (QED) is 0.401. The Labute approximate surface area is 195 Å². The molecule has 1 atom stereocenters. The number of ether oxygens (including phenoxy) is 2. The van der Waals surface area contributed by atoms with Crippen LogP contribution in [0.4, 0.5) is 27.6 Å². The van der Waals surface area contributed by atoms with Gasteiger partial charge in [-0.2, -0.15) is 0 Å². The maximum absolute atomic E-state index is 14.7. The molecule has 0 bridgehead atoms. The first-order chi connectivity index (χ1) is 16.4. The molecular formula is C20H20F5N5O5. The van der Waals surface area contributed by atoms with Crippen LogP contribution in [0.3, 0.4) is 0 Å². The van der Waals surface area contributed by atoms with Crippen LogP contribution in [0, 0.1) is 5.82 Å². The second-order valence-corrected chi connectivity index (χ2v) is 7.07. The Bertz CT molecular complexity index is 1070. The van der Waals surface area contributed by atoms with Gasteiger partial charge in [0, 0.05) is 11.3 Å². The van der Waals surface area contributed by atoms with E-state index in [1.54, 1.807) is 0 Å². The normalized spacial score (nSPS) is 19.0. The van der Waals surface area contributed by atoms with E-state index in [0.717, 1.165) is 37.5 Å². The van der Waals surface area contributed by atoms with E-state index in [2.05, 4.69) is 25.0 Å². The van der Waals surface area contributed by atoms with Crippen molar-refractivity contribution in [1.82, 2.24) is 9.97 Å². The lowest BCUT2D eigenvalue weighted by molar-refractivity contribution is -0.122. The van der Waals surface area contributed by atoms with Crippen molar-refractivity contribution in [2.45, 2.75) is 24.8 Å². The number of anilines is 1. The fraction of sp³-hybridized carbons (Fsp3) is 0.350. The summed E-state index contributed by atoms with van der Waals surface area (Å²) in [6.45, 7) is -1.49. The second kappa shape index (κ2) is 11.5. The molecular weight excluding hydrogens is 485 g/mol. The van der Waals surface area contributed by atoms with Gasteiger partial charge in [-0.25, -0.2) is 31.9 Å². The molecule has 0 radical (unpaired) electrons. The highest BCUT2D eigenvalue weighted by Gasteiger charge is 2.54. The lowest BCUT2D eigenvalue weighted by Gasteiger charge is -2.33. The Morgan fingerprint density at radius 3 is 2.63 bits per heavy atom. The first kappa shape index (κ1) is 27.4. The van der Waals surface area contributed by atoms with Crippen molar-refractivity contribution >= 4 is 23.9 Å². The second-order valence-electron chi connectivity index (χ2n) is 7.07. The Balaban J connectivity index is 0.00000137. The average molecular weight is 505 g/mol. The molecule has 1 amide bonds. The molecule has 1 aromatic carbocycles. The summed E-state index contributed by atoms with van der Waals surface area (Å²) in [5, 5.41) is 9.27. The third kappa shape index (κ3) is 6.81. The van der Waals surface area contributed by atoms with Gasteiger partial charge in [-0.1, -0.05) is 0 Å². The average Bonchev–Trinajstić information content (AvgIpc) is 2.89. The fourth-order valence-electron chi connectivity index (χ4n) is 2.91. The van der Waals surface area contributed by atoms with Gasteiger partial charge in [0.05, 0.1) is 12.4 Å². The minimum atomic E-state index is -3.60. The van der Waals surface area contributed by atoms with E-state index in [1.807, 2.05) is 0 Å². The highest BCUT2D eigenvalue weighted by Crippen LogP contribution is 2.44. The van der Waals surface area contributed by atoms with Crippen LogP contribution in [-0.4, -0.2) is 65.5 Å². The number of alkyl halides is 4. The van der Waals surface area contributed by atoms with Gasteiger partial charge in [-0.3, -0.25) is 14.6 Å². The van der Waals surface area contributed by atoms with Crippen molar-refractivity contribution in [2.24, 2.45) is 10.7 Å². The zero-order valence-corrected chi connectivity index (χ0v) is 18.1. The number of amidine groups is 1. The number of amides is 1. The summed E-state index contributed by atoms with van der Waals surface area (Å²) < 4.78 is 77.8. The smallest absolute Gasteiger partial charge is 0.299 e. The number of carbonyl (C=O) groups excluding carboxylic acids is 1. The largest absolute Gasteiger partial charge is 0.483 e. The van der Waals surface area contributed by atoms with Crippen LogP contribution in [0.15, 0.2) is 35.6 Å². The number of hydrogen-bond acceptors (Lipinski definition) is 8. The lowest BCUT2D eigenvalue weighted by atomic mass is 9.85. The Morgan fingerprint density at radius 1 is 1.34 bits per heavy atom. The number of benzene rings is 1. The summed E-state index contributed by atoms with van der Waals surface area (Å²) in [6.07, 6.45) is -0.761. The van der Waals surface area contributed by atoms with Crippen molar-refractivity contribution < 1.29 is 46.1 Å². The number of aromatic nitrogens is 2. The first-order valence-electron chi connectivity index (χ1n) is 9.65. The van der Waals surface area contributed by atoms with E-state index in [-0.39, 0.29) is 36.2 Å². The number of nitrogens with zero attached hydrogens (tertiary/aromatic N) is 3. The molecule has 15 heteroatoms. The minimum absolute atomic E-state index is 0.0258. The van der Waals surface area contributed by atoms with Gasteiger partial charge in [-0.15, -0.1) is 0 Å². The molecule has 0 saturated heterocycles. The zero-order chi connectivity index (χ0) is 26.2. The summed E-state index contributed by atoms with van der Waals surface area (Å²) in [5.41, 5.74) is 2.46. The van der Waals surface area contributed by atoms with Gasteiger partial charge in [0.25, 0.3) is 24.7 Å². The molecule has 190 valence electrons. The van der Waals surface area contributed by atoms with Crippen molar-refractivity contribution in [3.05, 3.63) is 47.7 Å². The fourth-order valence-corrected chi connectivity index (χ4v) is 2.91. The molecule has 0 aliphatic carbocycles. The molecule has 0 saturated carbocycles. The molecule has 3 rings (SSSR count). The van der Waals surface area contributed by atoms with Crippen LogP contribution in [0.2, 0.25) is 0 Å². The molecule has 1 aliphatic rings. The van der Waals surface area contributed by atoms with E-state index in [4.69, 9.17) is 20.4 Å². The minimum Gasteiger partial charge on any atom is -0.483 e. The SMILES string of the molecule is CC1(c2cc(NC(=O)c3cnc(OCC(F)F)cn3)ccc2F)N=C(N)COCC1(F)F.O=CO. The van der Waals surface area contributed by atoms with Crippen LogP contribution in [0.1, 0.15) is 23.0 Å². The number of rotatable bonds is 6. The molecule has 1 aromatic heterocycles. The Kier molecular flexibility index (Phi) is 8.99. The standard InChI is InChI=1S/C19H18F5N5O3.CH2O2/c1-18(19(23,24)9-31-8-15(25)29-18)11-4-10(2-3-12(11)20)28-17(30)13-5-27-16(6-26-13)32-7-14(21)22;2-1-3/h2-6,14H,7-9H2,1H3,(H2,25,29)(H,28,30);1H,(H,2,3). The number of nitrogens with one attached hydrogen (secondary N) is 1. The monoisotopic (exact) mass is 505 g/mol. The van der Waals surface area contributed by atoms with Crippen LogP contribution >= 0.6 is 0 Å². The van der Waals surface area contributed by atoms with Gasteiger partial charge in [0.2, 0.25) is 5.88 Å². The van der Waals surface area contributed by atoms with Crippen LogP contribution in [-0.2, 0) is 15.1 Å². The summed E-state index contributed by atoms with van der Waals surface area (Å²) in [7, 11) is 0. The summed E-state index contributed by atoms with van der Waals surface area (Å²) in [4.78, 5) is 32.0. The van der Waals surface area contributed by atoms with Crippen molar-refractivity contribution in [2.75, 3.05) is 25.1 Å². The summed E-state index contributed by atoms with van der Waals surface area (Å²) >= 11 is 0. The highest BCUT2D eigenvalue weighted by molar-refractivity contribution is 6.02. The number of halogens is 5. The molecule has 10 nitrogen and oxygen atoms in total. The van der Waals surface area contributed by atoms with E-state index in [0.29, 0.717) is 0 Å². The Hall–Kier alpha value is -3.88. The third-order valence-corrected chi connectivity index (χ3v) is 4.58. The van der Waals surface area contributed by atoms with Gasteiger partial charge in [0.15, 0.2) is 12.1 Å². The van der Waals surface area contributed by atoms with Gasteiger partial charge in [-0.05, 0) is 25.1 Å². The van der Waals surface area contributed by atoms with Crippen molar-refractivity contribution in [3.8, 4) is 5.88 Å². The third-order valence-electron chi connectivity index (χ3n) is 4.58. The molecule has 0 fully saturated rings. The lowest BCUT2D eigenvalue weighted by Crippen LogP contribution is -2.45. The van der Waals surface area contributed by atoms with E-state index in [1.165, 1.54) is 0 Å². The topological polar surface area (TPSA) is 149 Å². The molecule has 4 N–H and O–H groups in total. The molecule has 35 heavy (non-hydrogen) atoms. The molecule has 2 aromatic rings. The first-order valence-corrected chi connectivity index (χ1v) is 9.65. The number of aliphatic imine (C=N–C) groups is 1. The number of nitrogens with two attached hydrogens (primary N) is 1. The molecule has 1 unspecified atom stereocenters. The molecule has 1 aliphatic heterocycles. The molecule has 0 spiro atoms. The maximum atomic E-state index is 14.7. The number of hydrogen-bond donors (Lipinski definition) is 3. The van der Waals surface area contributed by atoms with E-state index >= 15 is 0 Å². The molecule has 2 heterocycles. The highest BCUT2D eigenvalue weighted by atomic mass is 19.3. The van der Waals surface area contributed by atoms with Gasteiger partial charge in [0.1, 0.15) is 30.6 Å². The van der Waals surface area contributed by atoms with Gasteiger partial charge >= 0.3 is 0 Å². The van der Waals surface area contributed by atoms with Crippen LogP contribution in [0.25, 0.3) is 0 Å². The summed E-state index contributed by atoms with van der Waals surface area (Å²) in [5.74, 6) is -5.84. The Morgan fingerprint density at radius 2 is 2.03 bits per heavy atom. The zero-order valence-electron chi connectivity index (χ0n) is 18.1.